The van der Waals surface area contributed by atoms with Crippen LogP contribution in [0.1, 0.15) is 38.5 Å². The number of fused-ring (bicyclic) bond motifs is 2. The summed E-state index contributed by atoms with van der Waals surface area (Å²) in [5, 5.41) is 1.30. The van der Waals surface area contributed by atoms with E-state index in [-0.39, 0.29) is 0 Å². The van der Waals surface area contributed by atoms with E-state index < -0.39 is 0 Å². The molecule has 0 heterocycles. The summed E-state index contributed by atoms with van der Waals surface area (Å²) in [6.07, 6.45) is 9.30. The lowest BCUT2D eigenvalue weighted by atomic mass is 9.71. The summed E-state index contributed by atoms with van der Waals surface area (Å²) in [6.45, 7) is 0. The van der Waals surface area contributed by atoms with Gasteiger partial charge in [0.25, 0.3) is 0 Å². The van der Waals surface area contributed by atoms with Gasteiger partial charge < -0.3 is 0 Å². The average Bonchev–Trinajstić information content (AvgIpc) is 2.78. The van der Waals surface area contributed by atoms with Gasteiger partial charge in [-0.15, -0.1) is 0 Å². The Kier molecular flexibility index (Phi) is 1.63. The molecule has 68 valence electrons. The molecule has 0 aromatic heterocycles. The lowest BCUT2D eigenvalue weighted by Crippen LogP contribution is -2.31. The first-order chi connectivity index (χ1) is 5.85. The minimum absolute atomic E-state index is 0.781. The quantitative estimate of drug-likeness (QED) is 0.634. The average molecular weight is 229 g/mol. The molecular formula is C11H17Br. The molecule has 3 fully saturated rings. The Balaban J connectivity index is 1.88. The highest BCUT2D eigenvalue weighted by atomic mass is 79.9. The van der Waals surface area contributed by atoms with Gasteiger partial charge in [0.15, 0.2) is 0 Å². The normalized spacial score (nSPS) is 51.8. The molecule has 0 amide bonds. The van der Waals surface area contributed by atoms with Crippen molar-refractivity contribution < 1.29 is 0 Å². The summed E-state index contributed by atoms with van der Waals surface area (Å²) in [7, 11) is 0. The van der Waals surface area contributed by atoms with E-state index >= 15 is 0 Å². The molecule has 3 aliphatic carbocycles. The SMILES string of the molecule is BrCC1(C2CC2)CC2CCC1C2. The monoisotopic (exact) mass is 228 g/mol. The summed E-state index contributed by atoms with van der Waals surface area (Å²) >= 11 is 3.78. The molecular weight excluding hydrogens is 212 g/mol. The topological polar surface area (TPSA) is 0 Å². The Labute approximate surface area is 83.2 Å². The highest BCUT2D eigenvalue weighted by Crippen LogP contribution is 2.65. The first-order valence-corrected chi connectivity index (χ1v) is 6.53. The lowest BCUT2D eigenvalue weighted by Gasteiger charge is -2.36. The third kappa shape index (κ3) is 0.893. The fourth-order valence-corrected chi connectivity index (χ4v) is 5.06. The van der Waals surface area contributed by atoms with E-state index in [9.17, 15) is 0 Å². The molecule has 3 aliphatic rings. The van der Waals surface area contributed by atoms with E-state index in [0.717, 1.165) is 23.2 Å². The molecule has 0 N–H and O–H groups in total. The fraction of sp³-hybridized carbons (Fsp3) is 1.00. The highest BCUT2D eigenvalue weighted by molar-refractivity contribution is 9.09. The van der Waals surface area contributed by atoms with Crippen LogP contribution >= 0.6 is 15.9 Å². The second kappa shape index (κ2) is 2.50. The molecule has 0 aliphatic heterocycles. The van der Waals surface area contributed by atoms with Crippen LogP contribution in [0, 0.1) is 23.2 Å². The Morgan fingerprint density at radius 2 is 1.83 bits per heavy atom. The van der Waals surface area contributed by atoms with E-state index in [2.05, 4.69) is 15.9 Å². The zero-order valence-corrected chi connectivity index (χ0v) is 9.15. The van der Waals surface area contributed by atoms with Crippen LogP contribution in [-0.2, 0) is 0 Å². The molecule has 3 rings (SSSR count). The minimum Gasteiger partial charge on any atom is -0.0922 e. The van der Waals surface area contributed by atoms with Gasteiger partial charge in [-0.25, -0.2) is 0 Å². The zero-order valence-electron chi connectivity index (χ0n) is 7.56. The van der Waals surface area contributed by atoms with Gasteiger partial charge in [-0.3, -0.25) is 0 Å². The first kappa shape index (κ1) is 7.84. The van der Waals surface area contributed by atoms with Crippen LogP contribution in [0.5, 0.6) is 0 Å². The largest absolute Gasteiger partial charge is 0.0922 e. The van der Waals surface area contributed by atoms with Gasteiger partial charge in [0.2, 0.25) is 0 Å². The van der Waals surface area contributed by atoms with Gasteiger partial charge in [0, 0.05) is 5.33 Å². The van der Waals surface area contributed by atoms with Crippen molar-refractivity contribution >= 4 is 15.9 Å². The van der Waals surface area contributed by atoms with Crippen molar-refractivity contribution in [1.29, 1.82) is 0 Å². The van der Waals surface area contributed by atoms with E-state index in [1.54, 1.807) is 25.7 Å². The summed E-state index contributed by atoms with van der Waals surface area (Å²) in [6, 6.07) is 0. The van der Waals surface area contributed by atoms with Crippen molar-refractivity contribution in [1.82, 2.24) is 0 Å². The maximum atomic E-state index is 3.78. The van der Waals surface area contributed by atoms with Crippen molar-refractivity contribution in [3.8, 4) is 0 Å². The molecule has 0 radical (unpaired) electrons. The van der Waals surface area contributed by atoms with Crippen LogP contribution in [0.4, 0.5) is 0 Å². The third-order valence-electron chi connectivity index (χ3n) is 4.66. The molecule has 0 nitrogen and oxygen atoms in total. The molecule has 0 spiro atoms. The molecule has 2 bridgehead atoms. The maximum absolute atomic E-state index is 3.78. The first-order valence-electron chi connectivity index (χ1n) is 5.41. The lowest BCUT2D eigenvalue weighted by molar-refractivity contribution is 0.163. The van der Waals surface area contributed by atoms with Gasteiger partial charge >= 0.3 is 0 Å². The molecule has 0 aromatic carbocycles. The fourth-order valence-electron chi connectivity index (χ4n) is 3.92. The van der Waals surface area contributed by atoms with Crippen LogP contribution in [-0.4, -0.2) is 5.33 Å². The van der Waals surface area contributed by atoms with Crippen molar-refractivity contribution in [2.24, 2.45) is 23.2 Å². The molecule has 3 saturated carbocycles. The predicted octanol–water partition coefficient (Wildman–Crippen LogP) is 3.60. The number of rotatable bonds is 2. The Morgan fingerprint density at radius 3 is 2.25 bits per heavy atom. The molecule has 3 unspecified atom stereocenters. The van der Waals surface area contributed by atoms with Gasteiger partial charge in [-0.05, 0) is 55.3 Å². The van der Waals surface area contributed by atoms with Crippen molar-refractivity contribution in [3.63, 3.8) is 0 Å². The van der Waals surface area contributed by atoms with Crippen molar-refractivity contribution in [2.45, 2.75) is 38.5 Å². The minimum atomic E-state index is 0.781. The Hall–Kier alpha value is 0.480. The molecule has 0 saturated heterocycles. The number of hydrogen-bond donors (Lipinski definition) is 0. The van der Waals surface area contributed by atoms with Crippen LogP contribution in [0.2, 0.25) is 0 Å². The van der Waals surface area contributed by atoms with Gasteiger partial charge in [-0.1, -0.05) is 22.4 Å². The van der Waals surface area contributed by atoms with Crippen molar-refractivity contribution in [3.05, 3.63) is 0 Å². The molecule has 12 heavy (non-hydrogen) atoms. The van der Waals surface area contributed by atoms with E-state index in [1.807, 2.05) is 0 Å². The Bertz CT molecular complexity index is 197. The molecule has 1 heteroatoms. The van der Waals surface area contributed by atoms with Gasteiger partial charge in [0.05, 0.1) is 0 Å². The smallest absolute Gasteiger partial charge is 0.00933 e. The van der Waals surface area contributed by atoms with Crippen LogP contribution in [0.25, 0.3) is 0 Å². The Morgan fingerprint density at radius 1 is 1.08 bits per heavy atom. The van der Waals surface area contributed by atoms with E-state index in [4.69, 9.17) is 0 Å². The standard InChI is InChI=1S/C11H17Br/c12-7-11(9-3-4-9)6-8-1-2-10(11)5-8/h8-10H,1-7H2. The van der Waals surface area contributed by atoms with Crippen LogP contribution < -0.4 is 0 Å². The van der Waals surface area contributed by atoms with Crippen molar-refractivity contribution in [2.75, 3.05) is 5.33 Å². The van der Waals surface area contributed by atoms with Gasteiger partial charge in [0.1, 0.15) is 0 Å². The highest BCUT2D eigenvalue weighted by Gasteiger charge is 2.56. The predicted molar refractivity (Wildman–Crippen MR) is 54.4 cm³/mol. The second-order valence-corrected chi connectivity index (χ2v) is 5.78. The second-order valence-electron chi connectivity index (χ2n) is 5.22. The summed E-state index contributed by atoms with van der Waals surface area (Å²) in [5.74, 6) is 3.34. The van der Waals surface area contributed by atoms with Gasteiger partial charge in [-0.2, -0.15) is 0 Å². The molecule has 0 aromatic rings. The molecule has 3 atom stereocenters. The summed E-state index contributed by atoms with van der Waals surface area (Å²) < 4.78 is 0. The number of hydrogen-bond acceptors (Lipinski definition) is 0. The van der Waals surface area contributed by atoms with Crippen LogP contribution in [0.15, 0.2) is 0 Å². The van der Waals surface area contributed by atoms with E-state index in [1.165, 1.54) is 18.2 Å². The zero-order chi connectivity index (χ0) is 8.18. The van der Waals surface area contributed by atoms with Crippen LogP contribution in [0.3, 0.4) is 0 Å². The summed E-state index contributed by atoms with van der Waals surface area (Å²) in [5.41, 5.74) is 0.781. The maximum Gasteiger partial charge on any atom is 0.00933 e. The summed E-state index contributed by atoms with van der Waals surface area (Å²) in [4.78, 5) is 0. The number of alkyl halides is 1. The number of halogens is 1. The third-order valence-corrected chi connectivity index (χ3v) is 5.71. The van der Waals surface area contributed by atoms with E-state index in [0.29, 0.717) is 0 Å².